The molecule has 28 heavy (non-hydrogen) atoms. The lowest BCUT2D eigenvalue weighted by atomic mass is 10.0. The molecule has 0 N–H and O–H groups in total. The topological polar surface area (TPSA) is 41.4 Å². The van der Waals surface area contributed by atoms with Crippen molar-refractivity contribution in [3.63, 3.8) is 0 Å². The zero-order valence-corrected chi connectivity index (χ0v) is 16.3. The number of amides is 1. The minimum Gasteiger partial charge on any atom is -0.339 e. The normalized spacial score (nSPS) is 14.3. The fraction of sp³-hybridized carbons (Fsp3) is 0.304. The van der Waals surface area contributed by atoms with Crippen LogP contribution in [0.3, 0.4) is 0 Å². The Balaban J connectivity index is 1.33. The number of carbonyl (C=O) groups is 1. The molecule has 0 radical (unpaired) electrons. The van der Waals surface area contributed by atoms with E-state index in [-0.39, 0.29) is 5.91 Å². The van der Waals surface area contributed by atoms with Crippen molar-refractivity contribution in [2.75, 3.05) is 31.1 Å². The van der Waals surface area contributed by atoms with E-state index in [0.29, 0.717) is 6.42 Å². The molecule has 1 aliphatic heterocycles. The molecule has 1 fully saturated rings. The summed E-state index contributed by atoms with van der Waals surface area (Å²) in [4.78, 5) is 21.4. The van der Waals surface area contributed by atoms with Gasteiger partial charge >= 0.3 is 0 Å². The Morgan fingerprint density at radius 1 is 0.929 bits per heavy atom. The van der Waals surface area contributed by atoms with Crippen LogP contribution in [0.15, 0.2) is 67.0 Å². The van der Waals surface area contributed by atoms with Crippen LogP contribution in [0.1, 0.15) is 12.5 Å². The number of imidazole rings is 1. The van der Waals surface area contributed by atoms with Crippen molar-refractivity contribution in [3.05, 3.63) is 72.6 Å². The fourth-order valence-electron chi connectivity index (χ4n) is 3.72. The molecule has 144 valence electrons. The molecule has 0 atom stereocenters. The Bertz CT molecular complexity index is 909. The van der Waals surface area contributed by atoms with Gasteiger partial charge in [0.05, 0.1) is 6.42 Å². The van der Waals surface area contributed by atoms with Gasteiger partial charge in [0.25, 0.3) is 0 Å². The van der Waals surface area contributed by atoms with Crippen LogP contribution in [-0.2, 0) is 17.8 Å². The summed E-state index contributed by atoms with van der Waals surface area (Å²) >= 11 is 0. The first kappa shape index (κ1) is 18.3. The number of rotatable bonds is 5. The van der Waals surface area contributed by atoms with Crippen LogP contribution in [0, 0.1) is 0 Å². The van der Waals surface area contributed by atoms with Gasteiger partial charge in [-0.25, -0.2) is 4.98 Å². The highest BCUT2D eigenvalue weighted by Gasteiger charge is 2.23. The molecule has 5 heteroatoms. The highest BCUT2D eigenvalue weighted by atomic mass is 16.2. The standard InChI is InChI=1S/C23H26N4O/c1-2-25-13-12-24-23(25)27-16-14-26(15-17-27)22(28)18-19-8-10-21(11-9-19)20-6-4-3-5-7-20/h3-13H,2,14-18H2,1H3. The van der Waals surface area contributed by atoms with Crippen LogP contribution in [0.4, 0.5) is 5.95 Å². The molecule has 1 aliphatic rings. The highest BCUT2D eigenvalue weighted by molar-refractivity contribution is 5.79. The lowest BCUT2D eigenvalue weighted by molar-refractivity contribution is -0.130. The summed E-state index contributed by atoms with van der Waals surface area (Å²) in [6.07, 6.45) is 4.31. The predicted molar refractivity (Wildman–Crippen MR) is 112 cm³/mol. The largest absolute Gasteiger partial charge is 0.339 e. The second kappa shape index (κ2) is 8.30. The molecule has 0 saturated carbocycles. The third kappa shape index (κ3) is 3.93. The first-order chi connectivity index (χ1) is 13.7. The van der Waals surface area contributed by atoms with Crippen LogP contribution in [0.2, 0.25) is 0 Å². The van der Waals surface area contributed by atoms with Gasteiger partial charge in [0.1, 0.15) is 0 Å². The summed E-state index contributed by atoms with van der Waals surface area (Å²) in [5.41, 5.74) is 3.44. The van der Waals surface area contributed by atoms with E-state index in [1.807, 2.05) is 35.5 Å². The number of piperazine rings is 1. The van der Waals surface area contributed by atoms with E-state index in [4.69, 9.17) is 0 Å². The molecule has 1 amide bonds. The molecule has 1 aromatic heterocycles. The first-order valence-electron chi connectivity index (χ1n) is 9.93. The van der Waals surface area contributed by atoms with Gasteiger partial charge in [-0.15, -0.1) is 0 Å². The van der Waals surface area contributed by atoms with Gasteiger partial charge in [-0.2, -0.15) is 0 Å². The number of anilines is 1. The SMILES string of the molecule is CCn1ccnc1N1CCN(C(=O)Cc2ccc(-c3ccccc3)cc2)CC1. The average molecular weight is 374 g/mol. The molecule has 0 spiro atoms. The molecule has 2 aromatic carbocycles. The first-order valence-corrected chi connectivity index (χ1v) is 9.93. The van der Waals surface area contributed by atoms with Crippen molar-refractivity contribution >= 4 is 11.9 Å². The van der Waals surface area contributed by atoms with Gasteiger partial charge < -0.3 is 14.4 Å². The second-order valence-electron chi connectivity index (χ2n) is 7.12. The molecule has 2 heterocycles. The number of aromatic nitrogens is 2. The summed E-state index contributed by atoms with van der Waals surface area (Å²) in [5.74, 6) is 1.21. The molecule has 1 saturated heterocycles. The van der Waals surface area contributed by atoms with Gasteiger partial charge in [-0.3, -0.25) is 4.79 Å². The number of nitrogens with zero attached hydrogens (tertiary/aromatic N) is 4. The highest BCUT2D eigenvalue weighted by Crippen LogP contribution is 2.20. The van der Waals surface area contributed by atoms with Gasteiger partial charge in [-0.1, -0.05) is 54.6 Å². The number of benzene rings is 2. The van der Waals surface area contributed by atoms with Crippen LogP contribution < -0.4 is 4.90 Å². The summed E-state index contributed by atoms with van der Waals surface area (Å²) in [5, 5.41) is 0. The monoisotopic (exact) mass is 374 g/mol. The third-order valence-corrected chi connectivity index (χ3v) is 5.37. The zero-order valence-electron chi connectivity index (χ0n) is 16.3. The molecule has 4 rings (SSSR count). The molecule has 5 nitrogen and oxygen atoms in total. The van der Waals surface area contributed by atoms with Crippen molar-refractivity contribution in [1.82, 2.24) is 14.5 Å². The quantitative estimate of drug-likeness (QED) is 0.687. The Morgan fingerprint density at radius 3 is 2.29 bits per heavy atom. The zero-order chi connectivity index (χ0) is 19.3. The van der Waals surface area contributed by atoms with Crippen molar-refractivity contribution in [2.45, 2.75) is 19.9 Å². The van der Waals surface area contributed by atoms with E-state index < -0.39 is 0 Å². The van der Waals surface area contributed by atoms with Crippen molar-refractivity contribution < 1.29 is 4.79 Å². The fourth-order valence-corrected chi connectivity index (χ4v) is 3.72. The maximum atomic E-state index is 12.7. The van der Waals surface area contributed by atoms with Crippen LogP contribution in [0.25, 0.3) is 11.1 Å². The lowest BCUT2D eigenvalue weighted by Gasteiger charge is -2.35. The average Bonchev–Trinajstić information content (AvgIpc) is 3.24. The molecule has 0 unspecified atom stereocenters. The Kier molecular flexibility index (Phi) is 5.42. The second-order valence-corrected chi connectivity index (χ2v) is 7.12. The summed E-state index contributed by atoms with van der Waals surface area (Å²) in [6.45, 7) is 6.18. The van der Waals surface area contributed by atoms with E-state index >= 15 is 0 Å². The maximum Gasteiger partial charge on any atom is 0.227 e. The van der Waals surface area contributed by atoms with Crippen LogP contribution in [0.5, 0.6) is 0 Å². The molecule has 0 bridgehead atoms. The predicted octanol–water partition coefficient (Wildman–Crippen LogP) is 3.46. The molecule has 0 aliphatic carbocycles. The third-order valence-electron chi connectivity index (χ3n) is 5.37. The number of hydrogen-bond donors (Lipinski definition) is 0. The van der Waals surface area contributed by atoms with Crippen molar-refractivity contribution in [3.8, 4) is 11.1 Å². The Hall–Kier alpha value is -3.08. The number of carbonyl (C=O) groups excluding carboxylic acids is 1. The van der Waals surface area contributed by atoms with Crippen molar-refractivity contribution in [2.24, 2.45) is 0 Å². The maximum absolute atomic E-state index is 12.7. The Labute approximate surface area is 166 Å². The number of hydrogen-bond acceptors (Lipinski definition) is 3. The van der Waals surface area contributed by atoms with Gasteiger partial charge in [0.2, 0.25) is 11.9 Å². The van der Waals surface area contributed by atoms with E-state index in [2.05, 4.69) is 57.8 Å². The minimum atomic E-state index is 0.200. The summed E-state index contributed by atoms with van der Waals surface area (Å²) in [6, 6.07) is 18.6. The molecule has 3 aromatic rings. The minimum absolute atomic E-state index is 0.200. The van der Waals surface area contributed by atoms with Gasteiger partial charge in [-0.05, 0) is 23.6 Å². The van der Waals surface area contributed by atoms with E-state index in [9.17, 15) is 4.79 Å². The van der Waals surface area contributed by atoms with Crippen LogP contribution in [-0.4, -0.2) is 46.5 Å². The molecular weight excluding hydrogens is 348 g/mol. The summed E-state index contributed by atoms with van der Waals surface area (Å²) < 4.78 is 2.14. The Morgan fingerprint density at radius 2 is 1.61 bits per heavy atom. The summed E-state index contributed by atoms with van der Waals surface area (Å²) in [7, 11) is 0. The van der Waals surface area contributed by atoms with E-state index in [1.54, 1.807) is 0 Å². The lowest BCUT2D eigenvalue weighted by Crippen LogP contribution is -2.49. The van der Waals surface area contributed by atoms with Gasteiger partial charge in [0, 0.05) is 45.1 Å². The van der Waals surface area contributed by atoms with Crippen molar-refractivity contribution in [1.29, 1.82) is 0 Å². The number of aryl methyl sites for hydroxylation is 1. The molecular formula is C23H26N4O. The van der Waals surface area contributed by atoms with E-state index in [0.717, 1.165) is 44.2 Å². The van der Waals surface area contributed by atoms with E-state index in [1.165, 1.54) is 11.1 Å². The van der Waals surface area contributed by atoms with Gasteiger partial charge in [0.15, 0.2) is 0 Å². The van der Waals surface area contributed by atoms with Crippen LogP contribution >= 0.6 is 0 Å². The smallest absolute Gasteiger partial charge is 0.227 e.